The molecule has 0 aliphatic carbocycles. The Morgan fingerprint density at radius 1 is 0.975 bits per heavy atom. The van der Waals surface area contributed by atoms with Crippen LogP contribution in [0.25, 0.3) is 0 Å². The quantitative estimate of drug-likeness (QED) is 0.319. The number of ether oxygens (including phenoxy) is 1. The Hall–Kier alpha value is -3.56. The maximum atomic E-state index is 14.1. The minimum Gasteiger partial charge on any atom is -0.495 e. The smallest absolute Gasteiger partial charge is 0.264 e. The molecule has 0 bridgehead atoms. The molecule has 10 heteroatoms. The average molecular weight is 586 g/mol. The number of nitrogens with zero attached hydrogens (tertiary/aromatic N) is 2. The van der Waals surface area contributed by atoms with Crippen LogP contribution in [0.2, 0.25) is 5.02 Å². The summed E-state index contributed by atoms with van der Waals surface area (Å²) in [6.07, 6.45) is 0.320. The molecule has 1 N–H and O–H groups in total. The van der Waals surface area contributed by atoms with Crippen molar-refractivity contribution in [1.82, 2.24) is 10.2 Å². The predicted molar refractivity (Wildman–Crippen MR) is 158 cm³/mol. The number of carbonyl (C=O) groups is 2. The summed E-state index contributed by atoms with van der Waals surface area (Å²) in [5.41, 5.74) is 2.55. The van der Waals surface area contributed by atoms with E-state index >= 15 is 0 Å². The van der Waals surface area contributed by atoms with Crippen molar-refractivity contribution in [1.29, 1.82) is 0 Å². The molecule has 0 radical (unpaired) electrons. The predicted octanol–water partition coefficient (Wildman–Crippen LogP) is 5.10. The van der Waals surface area contributed by atoms with Gasteiger partial charge in [0, 0.05) is 18.1 Å². The molecule has 0 saturated heterocycles. The highest BCUT2D eigenvalue weighted by Gasteiger charge is 2.35. The van der Waals surface area contributed by atoms with Gasteiger partial charge in [-0.25, -0.2) is 8.42 Å². The highest BCUT2D eigenvalue weighted by molar-refractivity contribution is 7.92. The number of rotatable bonds is 12. The first-order chi connectivity index (χ1) is 19.0. The van der Waals surface area contributed by atoms with Gasteiger partial charge < -0.3 is 15.0 Å². The third kappa shape index (κ3) is 7.14. The highest BCUT2D eigenvalue weighted by Crippen LogP contribution is 2.34. The number of nitrogens with one attached hydrogen (secondary N) is 1. The van der Waals surface area contributed by atoms with Crippen molar-refractivity contribution in [3.63, 3.8) is 0 Å². The Balaban J connectivity index is 2.14. The van der Waals surface area contributed by atoms with Crippen molar-refractivity contribution in [2.75, 3.05) is 24.5 Å². The first-order valence-electron chi connectivity index (χ1n) is 13.1. The molecule has 0 saturated carbocycles. The van der Waals surface area contributed by atoms with Crippen LogP contribution in [0.3, 0.4) is 0 Å². The van der Waals surface area contributed by atoms with E-state index < -0.39 is 28.5 Å². The number of amides is 2. The van der Waals surface area contributed by atoms with E-state index in [0.717, 1.165) is 15.4 Å². The van der Waals surface area contributed by atoms with Gasteiger partial charge in [-0.1, -0.05) is 60.5 Å². The third-order valence-electron chi connectivity index (χ3n) is 6.53. The number of methoxy groups -OCH3 is 1. The molecule has 8 nitrogen and oxygen atoms in total. The fourth-order valence-electron chi connectivity index (χ4n) is 4.37. The Bertz CT molecular complexity index is 1440. The van der Waals surface area contributed by atoms with E-state index in [0.29, 0.717) is 29.3 Å². The number of anilines is 1. The van der Waals surface area contributed by atoms with Gasteiger partial charge in [-0.2, -0.15) is 0 Å². The van der Waals surface area contributed by atoms with Crippen molar-refractivity contribution >= 4 is 39.1 Å². The Morgan fingerprint density at radius 3 is 2.23 bits per heavy atom. The molecule has 3 rings (SSSR count). The lowest BCUT2D eigenvalue weighted by Gasteiger charge is -2.33. The number of benzene rings is 3. The van der Waals surface area contributed by atoms with Gasteiger partial charge >= 0.3 is 0 Å². The van der Waals surface area contributed by atoms with Crippen molar-refractivity contribution < 1.29 is 22.7 Å². The van der Waals surface area contributed by atoms with Gasteiger partial charge in [0.15, 0.2) is 0 Å². The van der Waals surface area contributed by atoms with E-state index in [1.807, 2.05) is 13.8 Å². The third-order valence-corrected chi connectivity index (χ3v) is 8.67. The molecule has 0 aliphatic heterocycles. The Labute approximate surface area is 241 Å². The average Bonchev–Trinajstić information content (AvgIpc) is 2.92. The molecule has 0 fully saturated rings. The molecule has 3 aromatic carbocycles. The largest absolute Gasteiger partial charge is 0.495 e. The van der Waals surface area contributed by atoms with Crippen LogP contribution in [0.15, 0.2) is 71.6 Å². The van der Waals surface area contributed by atoms with Crippen molar-refractivity contribution in [3.8, 4) is 5.75 Å². The number of likely N-dealkylation sites (N-methyl/N-ethyl adjacent to an activating group) is 1. The first-order valence-corrected chi connectivity index (χ1v) is 14.9. The SMILES string of the molecule is CCNC(=O)[C@@H](CC)N(Cc1ccccc1Cl)C(=O)CN(c1cc(C)ccc1OC)S(=O)(=O)c1ccc(C)cc1. The Kier molecular flexibility index (Phi) is 10.6. The second kappa shape index (κ2) is 13.7. The van der Waals surface area contributed by atoms with Crippen molar-refractivity contribution in [2.45, 2.75) is 51.6 Å². The maximum Gasteiger partial charge on any atom is 0.264 e. The minimum absolute atomic E-state index is 0.0253. The molecule has 2 amide bonds. The highest BCUT2D eigenvalue weighted by atomic mass is 35.5. The van der Waals surface area contributed by atoms with Gasteiger partial charge in [-0.05, 0) is 68.7 Å². The lowest BCUT2D eigenvalue weighted by Crippen LogP contribution is -2.52. The zero-order chi connectivity index (χ0) is 29.4. The van der Waals surface area contributed by atoms with E-state index in [2.05, 4.69) is 5.32 Å². The van der Waals surface area contributed by atoms with Crippen LogP contribution in [0, 0.1) is 13.8 Å². The van der Waals surface area contributed by atoms with E-state index in [-0.39, 0.29) is 23.0 Å². The number of sulfonamides is 1. The zero-order valence-electron chi connectivity index (χ0n) is 23.5. The first kappa shape index (κ1) is 31.0. The molecule has 3 aromatic rings. The summed E-state index contributed by atoms with van der Waals surface area (Å²) >= 11 is 6.42. The summed E-state index contributed by atoms with van der Waals surface area (Å²) < 4.78 is 34.7. The molecule has 0 heterocycles. The second-order valence-corrected chi connectivity index (χ2v) is 11.7. The van der Waals surface area contributed by atoms with Crippen LogP contribution in [-0.2, 0) is 26.2 Å². The molecular weight excluding hydrogens is 550 g/mol. The molecule has 40 heavy (non-hydrogen) atoms. The number of hydrogen-bond donors (Lipinski definition) is 1. The molecule has 0 aromatic heterocycles. The fraction of sp³-hybridized carbons (Fsp3) is 0.333. The number of halogens is 1. The molecule has 0 spiro atoms. The minimum atomic E-state index is -4.21. The summed E-state index contributed by atoms with van der Waals surface area (Å²) in [6, 6.07) is 17.8. The summed E-state index contributed by atoms with van der Waals surface area (Å²) in [7, 11) is -2.77. The van der Waals surface area contributed by atoms with Crippen molar-refractivity contribution in [2.24, 2.45) is 0 Å². The summed E-state index contributed by atoms with van der Waals surface area (Å²) in [4.78, 5) is 28.6. The summed E-state index contributed by atoms with van der Waals surface area (Å²) in [5.74, 6) is -0.591. The van der Waals surface area contributed by atoms with Crippen LogP contribution < -0.4 is 14.4 Å². The molecule has 214 valence electrons. The maximum absolute atomic E-state index is 14.1. The van der Waals surface area contributed by atoms with Crippen LogP contribution in [-0.4, -0.2) is 51.4 Å². The number of hydrogen-bond acceptors (Lipinski definition) is 5. The van der Waals surface area contributed by atoms with Gasteiger partial charge in [0.2, 0.25) is 11.8 Å². The monoisotopic (exact) mass is 585 g/mol. The summed E-state index contributed by atoms with van der Waals surface area (Å²) in [6.45, 7) is 7.14. The number of aryl methyl sites for hydroxylation is 2. The topological polar surface area (TPSA) is 96.0 Å². The zero-order valence-corrected chi connectivity index (χ0v) is 25.1. The second-order valence-electron chi connectivity index (χ2n) is 9.43. The van der Waals surface area contributed by atoms with Crippen molar-refractivity contribution in [3.05, 3.63) is 88.4 Å². The van der Waals surface area contributed by atoms with Gasteiger partial charge in [0.05, 0.1) is 17.7 Å². The van der Waals surface area contributed by atoms with E-state index in [1.165, 1.54) is 24.1 Å². The van der Waals surface area contributed by atoms with Crippen LogP contribution in [0.1, 0.15) is 37.0 Å². The molecule has 0 aliphatic rings. The van der Waals surface area contributed by atoms with Gasteiger partial charge in [-0.3, -0.25) is 13.9 Å². The number of carbonyl (C=O) groups excluding carboxylic acids is 2. The van der Waals surface area contributed by atoms with Gasteiger partial charge in [0.1, 0.15) is 18.3 Å². The van der Waals surface area contributed by atoms with Crippen LogP contribution in [0.4, 0.5) is 5.69 Å². The van der Waals surface area contributed by atoms with Gasteiger partial charge in [0.25, 0.3) is 10.0 Å². The normalized spacial score (nSPS) is 11.9. The van der Waals surface area contributed by atoms with Crippen LogP contribution >= 0.6 is 11.6 Å². The molecular formula is C30H36ClN3O5S. The fourth-order valence-corrected chi connectivity index (χ4v) is 5.98. The molecule has 0 unspecified atom stereocenters. The van der Waals surface area contributed by atoms with E-state index in [4.69, 9.17) is 16.3 Å². The summed E-state index contributed by atoms with van der Waals surface area (Å²) in [5, 5.41) is 3.23. The molecule has 1 atom stereocenters. The van der Waals surface area contributed by atoms with E-state index in [9.17, 15) is 18.0 Å². The van der Waals surface area contributed by atoms with Crippen LogP contribution in [0.5, 0.6) is 5.75 Å². The van der Waals surface area contributed by atoms with E-state index in [1.54, 1.807) is 68.4 Å². The standard InChI is InChI=1S/C30H36ClN3O5S/c1-6-26(30(36)32-7-2)33(19-23-10-8-9-11-25(23)31)29(35)20-34(27-18-22(4)14-17-28(27)39-5)40(37,38)24-15-12-21(3)13-16-24/h8-18,26H,6-7,19-20H2,1-5H3,(H,32,36)/t26-/m1/s1. The Morgan fingerprint density at radius 2 is 1.62 bits per heavy atom. The lowest BCUT2D eigenvalue weighted by molar-refractivity contribution is -0.140. The van der Waals surface area contributed by atoms with Gasteiger partial charge in [-0.15, -0.1) is 0 Å². The lowest BCUT2D eigenvalue weighted by atomic mass is 10.1.